The minimum atomic E-state index is 0.555. The Morgan fingerprint density at radius 3 is 2.17 bits per heavy atom. The number of hydrogen-bond donors (Lipinski definition) is 2. The lowest BCUT2D eigenvalue weighted by Gasteiger charge is -2.25. The minimum Gasteiger partial charge on any atom is -0.370 e. The average molecular weight is 253 g/mol. The Morgan fingerprint density at radius 1 is 1.11 bits per heavy atom. The van der Waals surface area contributed by atoms with E-state index < -0.39 is 0 Å². The van der Waals surface area contributed by atoms with E-state index in [-0.39, 0.29) is 0 Å². The Labute approximate surface area is 113 Å². The molecule has 3 N–H and O–H groups in total. The van der Waals surface area contributed by atoms with Crippen molar-refractivity contribution < 1.29 is 0 Å². The fraction of sp³-hybridized carbons (Fsp3) is 0.933. The van der Waals surface area contributed by atoms with E-state index in [9.17, 15) is 0 Å². The Hall–Kier alpha value is -0.730. The van der Waals surface area contributed by atoms with Crippen LogP contribution in [0.15, 0.2) is 4.99 Å². The molecule has 0 unspecified atom stereocenters. The van der Waals surface area contributed by atoms with Crippen LogP contribution in [0.3, 0.4) is 0 Å². The van der Waals surface area contributed by atoms with Crippen molar-refractivity contribution in [2.24, 2.45) is 28.5 Å². The molecule has 0 aliphatic heterocycles. The van der Waals surface area contributed by atoms with Crippen molar-refractivity contribution in [1.29, 1.82) is 0 Å². The molecule has 1 saturated carbocycles. The van der Waals surface area contributed by atoms with Crippen LogP contribution in [-0.4, -0.2) is 18.5 Å². The van der Waals surface area contributed by atoms with Gasteiger partial charge in [0.15, 0.2) is 5.96 Å². The maximum absolute atomic E-state index is 5.99. The zero-order chi connectivity index (χ0) is 13.5. The van der Waals surface area contributed by atoms with Crippen molar-refractivity contribution >= 4 is 5.96 Å². The molecule has 0 heterocycles. The second-order valence-corrected chi connectivity index (χ2v) is 6.36. The minimum absolute atomic E-state index is 0.555. The number of nitrogens with zero attached hydrogens (tertiary/aromatic N) is 1. The number of guanidine groups is 1. The molecule has 0 amide bonds. The molecule has 3 heteroatoms. The van der Waals surface area contributed by atoms with Gasteiger partial charge in [-0.25, -0.2) is 0 Å². The van der Waals surface area contributed by atoms with Crippen molar-refractivity contribution in [3.05, 3.63) is 0 Å². The Balaban J connectivity index is 2.39. The first-order valence-corrected chi connectivity index (χ1v) is 7.57. The smallest absolute Gasteiger partial charge is 0.188 e. The summed E-state index contributed by atoms with van der Waals surface area (Å²) in [6, 6.07) is 0.555. The van der Waals surface area contributed by atoms with Gasteiger partial charge in [-0.15, -0.1) is 0 Å². The summed E-state index contributed by atoms with van der Waals surface area (Å²) >= 11 is 0. The molecule has 0 bridgehead atoms. The first-order chi connectivity index (χ1) is 8.50. The Kier molecular flexibility index (Phi) is 6.51. The van der Waals surface area contributed by atoms with Gasteiger partial charge in [0.1, 0.15) is 0 Å². The molecule has 1 rings (SSSR count). The summed E-state index contributed by atoms with van der Waals surface area (Å²) in [7, 11) is 0. The summed E-state index contributed by atoms with van der Waals surface area (Å²) in [5, 5.41) is 3.38. The quantitative estimate of drug-likeness (QED) is 0.584. The van der Waals surface area contributed by atoms with E-state index in [2.05, 4.69) is 38.0 Å². The normalized spacial score (nSPS) is 18.9. The molecule has 3 nitrogen and oxygen atoms in total. The highest BCUT2D eigenvalue weighted by molar-refractivity contribution is 5.78. The van der Waals surface area contributed by atoms with Gasteiger partial charge in [0.25, 0.3) is 0 Å². The van der Waals surface area contributed by atoms with Crippen LogP contribution < -0.4 is 11.1 Å². The third-order valence-corrected chi connectivity index (χ3v) is 4.14. The van der Waals surface area contributed by atoms with Crippen molar-refractivity contribution in [2.75, 3.05) is 6.54 Å². The summed E-state index contributed by atoms with van der Waals surface area (Å²) in [5.41, 5.74) is 5.99. The van der Waals surface area contributed by atoms with Crippen LogP contribution in [0.1, 0.15) is 59.8 Å². The molecular weight excluding hydrogens is 222 g/mol. The van der Waals surface area contributed by atoms with Gasteiger partial charge in [-0.05, 0) is 30.6 Å². The largest absolute Gasteiger partial charge is 0.370 e. The van der Waals surface area contributed by atoms with Gasteiger partial charge in [-0.3, -0.25) is 4.99 Å². The van der Waals surface area contributed by atoms with E-state index in [4.69, 9.17) is 5.73 Å². The number of rotatable bonds is 5. The molecule has 0 aromatic carbocycles. The van der Waals surface area contributed by atoms with Crippen LogP contribution in [0.4, 0.5) is 0 Å². The fourth-order valence-corrected chi connectivity index (χ4v) is 2.90. The van der Waals surface area contributed by atoms with Gasteiger partial charge in [0, 0.05) is 12.6 Å². The average Bonchev–Trinajstić information content (AvgIpc) is 2.29. The predicted molar refractivity (Wildman–Crippen MR) is 79.7 cm³/mol. The summed E-state index contributed by atoms with van der Waals surface area (Å²) in [4.78, 5) is 4.54. The number of nitrogens with two attached hydrogens (primary N) is 1. The fourth-order valence-electron chi connectivity index (χ4n) is 2.90. The second kappa shape index (κ2) is 7.65. The standard InChI is InChI=1S/C15H31N3/c1-11(2)14(12(3)4)10-17-15(16)18-13-8-6-5-7-9-13/h11-14H,5-10H2,1-4H3,(H3,16,17,18). The summed E-state index contributed by atoms with van der Waals surface area (Å²) < 4.78 is 0. The molecule has 1 fully saturated rings. The maximum Gasteiger partial charge on any atom is 0.188 e. The lowest BCUT2D eigenvalue weighted by molar-refractivity contribution is 0.297. The van der Waals surface area contributed by atoms with E-state index in [0.29, 0.717) is 29.8 Å². The highest BCUT2D eigenvalue weighted by Crippen LogP contribution is 2.21. The van der Waals surface area contributed by atoms with E-state index in [1.54, 1.807) is 0 Å². The van der Waals surface area contributed by atoms with E-state index in [1.165, 1.54) is 32.1 Å². The molecule has 106 valence electrons. The summed E-state index contributed by atoms with van der Waals surface area (Å²) in [5.74, 6) is 2.59. The van der Waals surface area contributed by atoms with Crippen LogP contribution in [0, 0.1) is 17.8 Å². The molecule has 1 aliphatic rings. The molecule has 0 atom stereocenters. The van der Waals surface area contributed by atoms with Crippen LogP contribution in [0.2, 0.25) is 0 Å². The molecule has 0 aromatic heterocycles. The third-order valence-electron chi connectivity index (χ3n) is 4.14. The Morgan fingerprint density at radius 2 is 1.67 bits per heavy atom. The van der Waals surface area contributed by atoms with Crippen LogP contribution in [0.25, 0.3) is 0 Å². The van der Waals surface area contributed by atoms with E-state index >= 15 is 0 Å². The zero-order valence-electron chi connectivity index (χ0n) is 12.6. The predicted octanol–water partition coefficient (Wildman–Crippen LogP) is 3.15. The highest BCUT2D eigenvalue weighted by Gasteiger charge is 2.17. The topological polar surface area (TPSA) is 50.4 Å². The Bertz CT molecular complexity index is 244. The molecule has 0 spiro atoms. The van der Waals surface area contributed by atoms with Crippen LogP contribution in [0.5, 0.6) is 0 Å². The van der Waals surface area contributed by atoms with Crippen molar-refractivity contribution in [3.8, 4) is 0 Å². The summed E-state index contributed by atoms with van der Waals surface area (Å²) in [6.45, 7) is 9.92. The molecule has 18 heavy (non-hydrogen) atoms. The van der Waals surface area contributed by atoms with E-state index in [1.807, 2.05) is 0 Å². The van der Waals surface area contributed by atoms with Crippen molar-refractivity contribution in [3.63, 3.8) is 0 Å². The zero-order valence-corrected chi connectivity index (χ0v) is 12.6. The second-order valence-electron chi connectivity index (χ2n) is 6.36. The van der Waals surface area contributed by atoms with Gasteiger partial charge >= 0.3 is 0 Å². The van der Waals surface area contributed by atoms with Gasteiger partial charge in [0.05, 0.1) is 0 Å². The molecule has 0 radical (unpaired) electrons. The van der Waals surface area contributed by atoms with Crippen molar-refractivity contribution in [1.82, 2.24) is 5.32 Å². The first kappa shape index (κ1) is 15.3. The van der Waals surface area contributed by atoms with Gasteiger partial charge < -0.3 is 11.1 Å². The lowest BCUT2D eigenvalue weighted by Crippen LogP contribution is -2.41. The molecule has 1 aliphatic carbocycles. The monoisotopic (exact) mass is 253 g/mol. The first-order valence-electron chi connectivity index (χ1n) is 7.57. The van der Waals surface area contributed by atoms with Gasteiger partial charge in [-0.1, -0.05) is 47.0 Å². The maximum atomic E-state index is 5.99. The number of nitrogens with one attached hydrogen (secondary N) is 1. The van der Waals surface area contributed by atoms with Crippen LogP contribution in [-0.2, 0) is 0 Å². The summed E-state index contributed by atoms with van der Waals surface area (Å²) in [6.07, 6.45) is 6.51. The third kappa shape index (κ3) is 5.28. The SMILES string of the molecule is CC(C)C(CN=C(N)NC1CCCCC1)C(C)C. The molecular formula is C15H31N3. The molecule has 0 saturated heterocycles. The number of hydrogen-bond acceptors (Lipinski definition) is 1. The van der Waals surface area contributed by atoms with Gasteiger partial charge in [0.2, 0.25) is 0 Å². The van der Waals surface area contributed by atoms with Crippen LogP contribution >= 0.6 is 0 Å². The molecule has 0 aromatic rings. The number of aliphatic imine (C=N–C) groups is 1. The van der Waals surface area contributed by atoms with Gasteiger partial charge in [-0.2, -0.15) is 0 Å². The lowest BCUT2D eigenvalue weighted by atomic mass is 9.86. The highest BCUT2D eigenvalue weighted by atomic mass is 15.1. The van der Waals surface area contributed by atoms with Crippen molar-refractivity contribution in [2.45, 2.75) is 65.8 Å². The van der Waals surface area contributed by atoms with E-state index in [0.717, 1.165) is 6.54 Å².